The lowest BCUT2D eigenvalue weighted by molar-refractivity contribution is 0.0952. The van der Waals surface area contributed by atoms with Crippen LogP contribution in [0.25, 0.3) is 0 Å². The lowest BCUT2D eigenvalue weighted by Crippen LogP contribution is -2.18. The first-order valence-electron chi connectivity index (χ1n) is 8.02. The van der Waals surface area contributed by atoms with E-state index >= 15 is 0 Å². The number of ether oxygens (including phenoxy) is 2. The highest BCUT2D eigenvalue weighted by Crippen LogP contribution is 2.29. The van der Waals surface area contributed by atoms with E-state index in [1.165, 1.54) is 12.4 Å². The number of carbonyl (C=O) groups is 1. The minimum absolute atomic E-state index is 0.141. The first-order chi connectivity index (χ1) is 13.2. The number of pyridine rings is 1. The second kappa shape index (κ2) is 8.82. The number of carbonyl (C=O) groups excluding carboxylic acids is 1. The molecule has 0 fully saturated rings. The molecule has 2 aromatic carbocycles. The van der Waals surface area contributed by atoms with Crippen LogP contribution in [0.15, 0.2) is 72.0 Å². The van der Waals surface area contributed by atoms with E-state index in [-0.39, 0.29) is 11.4 Å². The summed E-state index contributed by atoms with van der Waals surface area (Å²) in [6.07, 6.45) is 3.06. The molecule has 1 N–H and O–H groups in total. The molecule has 0 saturated carbocycles. The Morgan fingerprint density at radius 2 is 1.89 bits per heavy atom. The van der Waals surface area contributed by atoms with Crippen LogP contribution < -0.4 is 14.9 Å². The highest BCUT2D eigenvalue weighted by atomic mass is 35.5. The Morgan fingerprint density at radius 3 is 2.63 bits per heavy atom. The van der Waals surface area contributed by atoms with Crippen molar-refractivity contribution in [3.8, 4) is 17.4 Å². The van der Waals surface area contributed by atoms with E-state index < -0.39 is 5.91 Å². The number of nitrogens with zero attached hydrogens (tertiary/aromatic N) is 2. The molecule has 1 heterocycles. The van der Waals surface area contributed by atoms with E-state index in [9.17, 15) is 4.79 Å². The van der Waals surface area contributed by atoms with Gasteiger partial charge in [-0.15, -0.1) is 0 Å². The molecule has 6 nitrogen and oxygen atoms in total. The molecular formula is C20H16ClN3O3. The molecule has 27 heavy (non-hydrogen) atoms. The molecule has 0 unspecified atom stereocenters. The second-order valence-corrected chi connectivity index (χ2v) is 5.77. The Morgan fingerprint density at radius 1 is 1.11 bits per heavy atom. The Hall–Kier alpha value is -3.38. The molecule has 0 bridgehead atoms. The lowest BCUT2D eigenvalue weighted by atomic mass is 10.2. The van der Waals surface area contributed by atoms with E-state index in [4.69, 9.17) is 21.1 Å². The second-order valence-electron chi connectivity index (χ2n) is 5.36. The summed E-state index contributed by atoms with van der Waals surface area (Å²) in [5.41, 5.74) is 3.52. The van der Waals surface area contributed by atoms with E-state index in [2.05, 4.69) is 15.5 Å². The summed E-state index contributed by atoms with van der Waals surface area (Å²) in [6.45, 7) is 0. The van der Waals surface area contributed by atoms with Gasteiger partial charge in [0.15, 0.2) is 0 Å². The number of halogens is 1. The van der Waals surface area contributed by atoms with Crippen molar-refractivity contribution < 1.29 is 14.3 Å². The first-order valence-corrected chi connectivity index (χ1v) is 8.40. The number of hydrazone groups is 1. The first kappa shape index (κ1) is 18.4. The van der Waals surface area contributed by atoms with Crippen molar-refractivity contribution in [2.45, 2.75) is 0 Å². The van der Waals surface area contributed by atoms with Crippen molar-refractivity contribution in [1.82, 2.24) is 10.4 Å². The van der Waals surface area contributed by atoms with Crippen molar-refractivity contribution in [3.63, 3.8) is 0 Å². The summed E-state index contributed by atoms with van der Waals surface area (Å²) in [7, 11) is 1.60. The fraction of sp³-hybridized carbons (Fsp3) is 0.0500. The zero-order valence-electron chi connectivity index (χ0n) is 14.4. The van der Waals surface area contributed by atoms with Crippen LogP contribution in [0, 0.1) is 0 Å². The molecule has 1 aromatic heterocycles. The lowest BCUT2D eigenvalue weighted by Gasteiger charge is -2.09. The number of hydrogen-bond donors (Lipinski definition) is 1. The molecule has 0 aliphatic heterocycles. The number of aromatic nitrogens is 1. The van der Waals surface area contributed by atoms with Gasteiger partial charge in [-0.1, -0.05) is 23.7 Å². The highest BCUT2D eigenvalue weighted by Gasteiger charge is 2.14. The molecule has 0 radical (unpaired) electrons. The van der Waals surface area contributed by atoms with Crippen LogP contribution in [0.3, 0.4) is 0 Å². The summed E-state index contributed by atoms with van der Waals surface area (Å²) < 4.78 is 10.8. The fourth-order valence-corrected chi connectivity index (χ4v) is 2.37. The number of nitrogens with one attached hydrogen (secondary N) is 1. The summed E-state index contributed by atoms with van der Waals surface area (Å²) >= 11 is 6.09. The van der Waals surface area contributed by atoms with Gasteiger partial charge in [0, 0.05) is 6.20 Å². The smallest absolute Gasteiger partial charge is 0.276 e. The van der Waals surface area contributed by atoms with Gasteiger partial charge in [0.1, 0.15) is 17.1 Å². The van der Waals surface area contributed by atoms with Gasteiger partial charge in [0.2, 0.25) is 5.88 Å². The van der Waals surface area contributed by atoms with Crippen molar-refractivity contribution in [3.05, 3.63) is 83.0 Å². The van der Waals surface area contributed by atoms with Crippen molar-refractivity contribution in [1.29, 1.82) is 0 Å². The number of rotatable bonds is 6. The predicted octanol–water partition coefficient (Wildman–Crippen LogP) is 4.30. The van der Waals surface area contributed by atoms with Crippen LogP contribution in [-0.2, 0) is 0 Å². The largest absolute Gasteiger partial charge is 0.497 e. The molecule has 136 valence electrons. The van der Waals surface area contributed by atoms with Crippen molar-refractivity contribution >= 4 is 23.7 Å². The normalized spacial score (nSPS) is 10.6. The topological polar surface area (TPSA) is 72.8 Å². The number of methoxy groups -OCH3 is 1. The molecular weight excluding hydrogens is 366 g/mol. The van der Waals surface area contributed by atoms with Gasteiger partial charge in [-0.2, -0.15) is 5.10 Å². The number of benzene rings is 2. The molecule has 0 atom stereocenters. The van der Waals surface area contributed by atoms with Crippen molar-refractivity contribution in [2.24, 2.45) is 5.10 Å². The van der Waals surface area contributed by atoms with Crippen LogP contribution >= 0.6 is 11.6 Å². The van der Waals surface area contributed by atoms with Crippen molar-refractivity contribution in [2.75, 3.05) is 7.11 Å². The summed E-state index contributed by atoms with van der Waals surface area (Å²) in [4.78, 5) is 16.5. The molecule has 0 aliphatic carbocycles. The van der Waals surface area contributed by atoms with Crippen LogP contribution in [0.4, 0.5) is 0 Å². The minimum atomic E-state index is -0.449. The summed E-state index contributed by atoms with van der Waals surface area (Å²) in [6, 6.07) is 17.4. The fourth-order valence-electron chi connectivity index (χ4n) is 2.19. The quantitative estimate of drug-likeness (QED) is 0.510. The summed E-state index contributed by atoms with van der Waals surface area (Å²) in [5.74, 6) is 0.847. The molecule has 3 rings (SSSR count). The monoisotopic (exact) mass is 381 g/mol. The van der Waals surface area contributed by atoms with Crippen LogP contribution in [0.5, 0.6) is 17.4 Å². The van der Waals surface area contributed by atoms with Crippen LogP contribution in [0.1, 0.15) is 15.9 Å². The average molecular weight is 382 g/mol. The summed E-state index contributed by atoms with van der Waals surface area (Å²) in [5, 5.41) is 4.39. The SMILES string of the molecule is COc1ccc(/C=N/NC(=O)c2cccnc2Oc2ccccc2Cl)cc1. The molecule has 0 spiro atoms. The van der Waals surface area contributed by atoms with E-state index in [1.807, 2.05) is 12.1 Å². The zero-order chi connectivity index (χ0) is 19.1. The number of hydrogen-bond acceptors (Lipinski definition) is 5. The van der Waals surface area contributed by atoms with E-state index in [0.717, 1.165) is 11.3 Å². The van der Waals surface area contributed by atoms with Gasteiger partial charge in [-0.05, 0) is 54.1 Å². The van der Waals surface area contributed by atoms with E-state index in [0.29, 0.717) is 10.8 Å². The molecule has 3 aromatic rings. The Bertz CT molecular complexity index is 959. The third-order valence-electron chi connectivity index (χ3n) is 3.55. The molecule has 7 heteroatoms. The maximum absolute atomic E-state index is 12.4. The number of amides is 1. The molecule has 1 amide bonds. The van der Waals surface area contributed by atoms with Gasteiger partial charge in [0.25, 0.3) is 5.91 Å². The zero-order valence-corrected chi connectivity index (χ0v) is 15.2. The standard InChI is InChI=1S/C20H16ClN3O3/c1-26-15-10-8-14(9-11-15)13-23-24-19(25)16-5-4-12-22-20(16)27-18-7-3-2-6-17(18)21/h2-13H,1H3,(H,24,25)/b23-13+. The molecule has 0 saturated heterocycles. The Balaban J connectivity index is 1.71. The highest BCUT2D eigenvalue weighted by molar-refractivity contribution is 6.32. The Kier molecular flexibility index (Phi) is 6.02. The molecule has 0 aliphatic rings. The van der Waals surface area contributed by atoms with Crippen LogP contribution in [0.2, 0.25) is 5.02 Å². The third kappa shape index (κ3) is 4.83. The van der Waals surface area contributed by atoms with Crippen LogP contribution in [-0.4, -0.2) is 24.2 Å². The maximum atomic E-state index is 12.4. The third-order valence-corrected chi connectivity index (χ3v) is 3.87. The predicted molar refractivity (Wildman–Crippen MR) is 104 cm³/mol. The number of para-hydroxylation sites is 1. The van der Waals surface area contributed by atoms with Gasteiger partial charge < -0.3 is 9.47 Å². The maximum Gasteiger partial charge on any atom is 0.276 e. The van der Waals surface area contributed by atoms with E-state index in [1.54, 1.807) is 55.6 Å². The van der Waals surface area contributed by atoms with Gasteiger partial charge in [-0.25, -0.2) is 10.4 Å². The Labute approximate surface area is 161 Å². The van der Waals surface area contributed by atoms with Gasteiger partial charge in [-0.3, -0.25) is 4.79 Å². The van der Waals surface area contributed by atoms with Gasteiger partial charge in [0.05, 0.1) is 18.3 Å². The van der Waals surface area contributed by atoms with Gasteiger partial charge >= 0.3 is 0 Å². The average Bonchev–Trinajstić information content (AvgIpc) is 2.70. The minimum Gasteiger partial charge on any atom is -0.497 e.